The Morgan fingerprint density at radius 3 is 0.705 bits per heavy atom. The molecule has 20 aromatic rings. The molecule has 2 saturated heterocycles. The lowest BCUT2D eigenvalue weighted by Gasteiger charge is -2.32. The highest BCUT2D eigenvalue weighted by atomic mass is 127. The van der Waals surface area contributed by atoms with Gasteiger partial charge in [0, 0.05) is 132 Å². The molecule has 0 atom stereocenters. The van der Waals surface area contributed by atoms with Crippen molar-refractivity contribution in [3.05, 3.63) is 316 Å². The number of fused-ring (bicyclic) bond motifs is 6. The van der Waals surface area contributed by atoms with Gasteiger partial charge in [-0.3, -0.25) is 0 Å². The minimum Gasteiger partial charge on any atom is -0.436 e. The zero-order valence-corrected chi connectivity index (χ0v) is 106. The van der Waals surface area contributed by atoms with E-state index in [4.69, 9.17) is 161 Å². The molecular formula is C103H84B2Br4Cl8I4N10O10S8. The van der Waals surface area contributed by atoms with E-state index in [1.54, 1.807) is 48.5 Å². The number of nitrogens with zero attached hydrogens (tertiary/aromatic N) is 6. The number of aromatic nitrogens is 6. The number of halogens is 16. The molecule has 46 heteroatoms. The van der Waals surface area contributed by atoms with Crippen molar-refractivity contribution in [3.63, 3.8) is 0 Å². The van der Waals surface area contributed by atoms with Crippen molar-refractivity contribution in [2.45, 2.75) is 124 Å². The van der Waals surface area contributed by atoms with E-state index in [1.807, 2.05) is 250 Å². The Labute approximate surface area is 1030 Å². The van der Waals surface area contributed by atoms with Crippen molar-refractivity contribution in [1.29, 1.82) is 0 Å². The Kier molecular flexibility index (Phi) is 44.5. The number of para-hydroxylation sites is 12. The van der Waals surface area contributed by atoms with E-state index in [9.17, 15) is 0 Å². The fourth-order valence-corrected chi connectivity index (χ4v) is 21.5. The van der Waals surface area contributed by atoms with Gasteiger partial charge in [0.25, 0.3) is 7.79 Å². The molecule has 8 N–H and O–H groups in total. The number of hydrogen-bond acceptors (Lipinski definition) is 28. The molecule has 14 aromatic carbocycles. The predicted octanol–water partition coefficient (Wildman–Crippen LogP) is 36.9. The molecule has 0 spiro atoms. The van der Waals surface area contributed by atoms with Crippen LogP contribution >= 0.6 is 348 Å². The Bertz CT molecular complexity index is 7140. The highest BCUT2D eigenvalue weighted by molar-refractivity contribution is 14.1. The molecule has 2 aliphatic heterocycles. The number of thiol groups is 8. The van der Waals surface area contributed by atoms with Crippen LogP contribution in [0.3, 0.4) is 0 Å². The first-order valence-corrected chi connectivity index (χ1v) is 57.2. The van der Waals surface area contributed by atoms with Gasteiger partial charge in [-0.15, -0.1) is 101 Å². The van der Waals surface area contributed by atoms with Gasteiger partial charge in [-0.2, -0.15) is 0 Å². The first-order chi connectivity index (χ1) is 69.8. The molecule has 8 heterocycles. The summed E-state index contributed by atoms with van der Waals surface area (Å²) >= 11 is 104. The molecule has 0 saturated carbocycles. The van der Waals surface area contributed by atoms with E-state index >= 15 is 0 Å². The quantitative estimate of drug-likeness (QED) is 0.0242. The number of anilines is 4. The maximum atomic E-state index is 6.13. The molecular weight excluding hydrogens is 2930 g/mol. The number of benzene rings is 14. The van der Waals surface area contributed by atoms with Crippen LogP contribution in [-0.2, 0) is 18.6 Å². The van der Waals surface area contributed by atoms with E-state index < -0.39 is 14.2 Å². The minimum atomic E-state index is -0.445. The maximum absolute atomic E-state index is 6.13. The maximum Gasteiger partial charge on any atom is 0.494 e. The van der Waals surface area contributed by atoms with E-state index in [2.05, 4.69) is 285 Å². The molecule has 0 aliphatic carbocycles. The molecule has 22 rings (SSSR count). The van der Waals surface area contributed by atoms with Crippen LogP contribution in [-0.4, -0.2) is 66.5 Å². The fourth-order valence-electron chi connectivity index (χ4n) is 13.1. The lowest BCUT2D eigenvalue weighted by Crippen LogP contribution is -2.41. The molecule has 0 unspecified atom stereocenters. The lowest BCUT2D eigenvalue weighted by atomic mass is 9.79. The van der Waals surface area contributed by atoms with Crippen molar-refractivity contribution in [2.24, 2.45) is 0 Å². The van der Waals surface area contributed by atoms with Gasteiger partial charge in [0.15, 0.2) is 33.5 Å². The van der Waals surface area contributed by atoms with E-state index in [1.165, 1.54) is 0 Å². The topological polar surface area (TPSA) is 297 Å². The third-order valence-electron chi connectivity index (χ3n) is 22.2. The zero-order valence-electron chi connectivity index (χ0n) is 77.9. The van der Waals surface area contributed by atoms with Crippen molar-refractivity contribution in [3.8, 4) is 45.8 Å². The summed E-state index contributed by atoms with van der Waals surface area (Å²) in [5, 5.41) is 4.40. The second kappa shape index (κ2) is 54.1. The van der Waals surface area contributed by atoms with Gasteiger partial charge in [-0.1, -0.05) is 173 Å². The number of oxazole rings is 6. The van der Waals surface area contributed by atoms with Crippen LogP contribution in [0.4, 0.5) is 22.7 Å². The van der Waals surface area contributed by atoms with Crippen LogP contribution in [0.15, 0.2) is 326 Å². The van der Waals surface area contributed by atoms with E-state index in [0.29, 0.717) is 109 Å². The molecule has 2 aliphatic rings. The largest absolute Gasteiger partial charge is 0.494 e. The molecule has 20 nitrogen and oxygen atoms in total. The summed E-state index contributed by atoms with van der Waals surface area (Å²) in [6, 6.07) is 75.0. The van der Waals surface area contributed by atoms with Crippen LogP contribution in [0, 0.1) is 14.9 Å². The predicted molar refractivity (Wildman–Crippen MR) is 687 cm³/mol. The summed E-state index contributed by atoms with van der Waals surface area (Å²) in [4.78, 5) is 31.6. The van der Waals surface area contributed by atoms with Gasteiger partial charge < -0.3 is 68.1 Å². The standard InChI is InChI=1S/2C13H7BrClNOS.2C13H9ClN2OS.C12H15BBrClO2S.C12H17BClNO2S.2C7H4INO.C6H3BrClIS.C6H5ClINS.CH4/c2*14-12-8(15)5-7(6-11(12)18)13-16-9-3-1-2-4-10(9)17-13;2*14-8-5-7(6-11(18)12(8)15)13-16-9-3-1-2-4-10(9)17-13;1-11(2)12(3,4)17-13(16-11)7-5-8(15)10(14)9(18)6-7;1-11(2)12(3,4)17-13(16-11)7-5-8(14)10(15)9(18)6-7;2*8-7-9-5-3-1-2-4-6(5)10-7;7-6-4(8)1-3(9)2-5(6)10;7-4-1-3(8)2-5(10)6(4)9;/h2*1-6,18H;2*1-6,18H,15H2;5-6,18H,1-4H3;5-6,18H,15H2,1-4H3;2*1-4H;1-2,10H;1-2,10H,9H2;1H4. The number of nitrogen functional groups attached to an aromatic ring is 4. The smallest absolute Gasteiger partial charge is 0.436 e. The first kappa shape index (κ1) is 123. The van der Waals surface area contributed by atoms with Gasteiger partial charge in [0.1, 0.15) is 33.1 Å². The average molecular weight is 3010 g/mol. The Morgan fingerprint density at radius 2 is 0.450 bits per heavy atom. The summed E-state index contributed by atoms with van der Waals surface area (Å²) < 4.78 is 63.7. The molecule has 0 radical (unpaired) electrons. The Balaban J connectivity index is 0.000000148. The molecule has 6 aromatic heterocycles. The third-order valence-corrected chi connectivity index (χ3v) is 35.2. The van der Waals surface area contributed by atoms with Crippen molar-refractivity contribution in [1.82, 2.24) is 29.9 Å². The Hall–Kier alpha value is -4.97. The van der Waals surface area contributed by atoms with Crippen molar-refractivity contribution >= 4 is 462 Å². The van der Waals surface area contributed by atoms with Crippen LogP contribution in [0.25, 0.3) is 112 Å². The summed E-state index contributed by atoms with van der Waals surface area (Å²) in [5.41, 5.74) is 37.9. The molecule has 149 heavy (non-hydrogen) atoms. The van der Waals surface area contributed by atoms with Crippen LogP contribution in [0.1, 0.15) is 62.8 Å². The van der Waals surface area contributed by atoms with E-state index in [-0.39, 0.29) is 29.8 Å². The van der Waals surface area contributed by atoms with Gasteiger partial charge in [0.05, 0.1) is 85.3 Å². The summed E-state index contributed by atoms with van der Waals surface area (Å²) in [7, 11) is -0.856. The lowest BCUT2D eigenvalue weighted by molar-refractivity contribution is 0.00578. The number of nitrogens with two attached hydrogens (primary N) is 4. The van der Waals surface area contributed by atoms with Gasteiger partial charge >= 0.3 is 14.2 Å². The highest BCUT2D eigenvalue weighted by Gasteiger charge is 2.53. The van der Waals surface area contributed by atoms with Crippen LogP contribution < -0.4 is 33.9 Å². The Morgan fingerprint density at radius 1 is 0.255 bits per heavy atom. The van der Waals surface area contributed by atoms with Crippen LogP contribution in [0.5, 0.6) is 0 Å². The SMILES string of the molecule is C.CC1(C)OB(c2cc(S)c(Br)c(Cl)c2)OC1(C)C.CC1(C)OB(c2cc(S)c(N)c(Cl)c2)OC1(C)C.Ic1nc2ccccc2o1.Ic1nc2ccccc2o1.Nc1c(S)cc(-c2nc3ccccc3o2)cc1Cl.Nc1c(S)cc(-c2nc3ccccc3o2)cc1Cl.Nc1c(S)cc(I)cc1Cl.Sc1cc(-c2nc3ccccc3o2)cc(Cl)c1Br.Sc1cc(-c2nc3ccccc3o2)cc(Cl)c1Br.Sc1cc(I)cc(Cl)c1Br. The summed E-state index contributed by atoms with van der Waals surface area (Å²) in [6.45, 7) is 16.1. The van der Waals surface area contributed by atoms with Gasteiger partial charge in [0.2, 0.25) is 23.6 Å². The van der Waals surface area contributed by atoms with Crippen molar-refractivity contribution < 1.29 is 45.1 Å². The zero-order chi connectivity index (χ0) is 108. The van der Waals surface area contributed by atoms with Crippen molar-refractivity contribution in [2.75, 3.05) is 22.9 Å². The minimum absolute atomic E-state index is 0. The highest BCUT2D eigenvalue weighted by Crippen LogP contribution is 2.44. The van der Waals surface area contributed by atoms with Crippen LogP contribution in [0.2, 0.25) is 40.2 Å². The first-order valence-electron chi connectivity index (χ1n) is 43.1. The second-order valence-corrected chi connectivity index (χ2v) is 48.3. The fraction of sp³-hybridized carbons (Fsp3) is 0.126. The number of rotatable bonds is 6. The normalized spacial score (nSPS) is 13.2. The van der Waals surface area contributed by atoms with E-state index in [0.717, 1.165) is 149 Å². The summed E-state index contributed by atoms with van der Waals surface area (Å²) in [5.74, 6) is 2.10. The summed E-state index contributed by atoms with van der Waals surface area (Å²) in [6.07, 6.45) is 0. The van der Waals surface area contributed by atoms with Gasteiger partial charge in [-0.05, 0) is 345 Å². The molecule has 772 valence electrons. The monoisotopic (exact) mass is 3000 g/mol. The molecule has 0 amide bonds. The molecule has 2 fully saturated rings. The van der Waals surface area contributed by atoms with Gasteiger partial charge in [-0.25, -0.2) is 29.9 Å². The average Bonchev–Trinajstić information content (AvgIpc) is 1.62. The second-order valence-electron chi connectivity index (χ2n) is 33.7. The molecule has 0 bridgehead atoms. The third kappa shape index (κ3) is 31.8. The number of hydrogen-bond donors (Lipinski definition) is 12.